The number of amides is 2. The van der Waals surface area contributed by atoms with E-state index in [-0.39, 0.29) is 11.8 Å². The van der Waals surface area contributed by atoms with E-state index in [1.54, 1.807) is 0 Å². The summed E-state index contributed by atoms with van der Waals surface area (Å²) in [5.41, 5.74) is 0. The molecule has 0 aromatic rings. The van der Waals surface area contributed by atoms with Crippen molar-refractivity contribution in [1.82, 2.24) is 9.80 Å². The second-order valence-corrected chi connectivity index (χ2v) is 10.3. The molecule has 6 aliphatic carbocycles. The van der Waals surface area contributed by atoms with E-state index < -0.39 is 0 Å². The lowest BCUT2D eigenvalue weighted by molar-refractivity contribution is -0.143. The quantitative estimate of drug-likeness (QED) is 0.741. The van der Waals surface area contributed by atoms with Crippen LogP contribution < -0.4 is 0 Å². The number of nitrogens with zero attached hydrogens (tertiary/aromatic N) is 2. The number of carbonyl (C=O) groups is 2. The Labute approximate surface area is 164 Å². The highest BCUT2D eigenvalue weighted by Crippen LogP contribution is 2.46. The molecule has 1 heterocycles. The van der Waals surface area contributed by atoms with Gasteiger partial charge < -0.3 is 9.80 Å². The van der Waals surface area contributed by atoms with E-state index in [1.165, 1.54) is 51.4 Å². The van der Waals surface area contributed by atoms with Crippen molar-refractivity contribution in [3.05, 3.63) is 0 Å². The Balaban J connectivity index is 1.19. The molecule has 4 heteroatoms. The molecule has 0 aromatic heterocycles. The number of fused-ring (bicyclic) bond motifs is 6. The van der Waals surface area contributed by atoms with E-state index in [0.717, 1.165) is 57.3 Å². The Morgan fingerprint density at radius 3 is 1.30 bits per heavy atom. The van der Waals surface area contributed by atoms with E-state index in [9.17, 15) is 9.59 Å². The van der Waals surface area contributed by atoms with Gasteiger partial charge in [-0.3, -0.25) is 9.59 Å². The van der Waals surface area contributed by atoms with Crippen molar-refractivity contribution in [1.29, 1.82) is 0 Å². The van der Waals surface area contributed by atoms with E-state index in [0.29, 0.717) is 23.7 Å². The number of rotatable bonds is 2. The average Bonchev–Trinajstić information content (AvgIpc) is 3.00. The lowest BCUT2D eigenvalue weighted by Gasteiger charge is -2.43. The summed E-state index contributed by atoms with van der Waals surface area (Å²) in [7, 11) is 0. The van der Waals surface area contributed by atoms with Crippen LogP contribution in [0.2, 0.25) is 0 Å². The smallest absolute Gasteiger partial charge is 0.226 e. The van der Waals surface area contributed by atoms with E-state index in [2.05, 4.69) is 9.80 Å². The molecule has 0 spiro atoms. The third-order valence-corrected chi connectivity index (χ3v) is 8.85. The van der Waals surface area contributed by atoms with E-state index in [4.69, 9.17) is 0 Å². The summed E-state index contributed by atoms with van der Waals surface area (Å²) in [4.78, 5) is 30.6. The maximum absolute atomic E-state index is 13.2. The molecule has 6 saturated carbocycles. The molecule has 0 radical (unpaired) electrons. The maximum atomic E-state index is 13.2. The second kappa shape index (κ2) is 7.40. The second-order valence-electron chi connectivity index (χ2n) is 10.3. The van der Waals surface area contributed by atoms with E-state index in [1.807, 2.05) is 0 Å². The fraction of sp³-hybridized carbons (Fsp3) is 0.913. The molecule has 7 rings (SSSR count). The third-order valence-electron chi connectivity index (χ3n) is 8.85. The molecule has 0 N–H and O–H groups in total. The maximum Gasteiger partial charge on any atom is 0.226 e. The summed E-state index contributed by atoms with van der Waals surface area (Å²) in [5.74, 6) is 4.28. The number of carbonyl (C=O) groups excluding carboxylic acids is 2. The average molecular weight is 373 g/mol. The summed E-state index contributed by atoms with van der Waals surface area (Å²) in [6.07, 6.45) is 13.7. The number of hydrogen-bond donors (Lipinski definition) is 0. The summed E-state index contributed by atoms with van der Waals surface area (Å²) in [6, 6.07) is 0. The molecule has 27 heavy (non-hydrogen) atoms. The van der Waals surface area contributed by atoms with Crippen LogP contribution in [0.15, 0.2) is 0 Å². The van der Waals surface area contributed by atoms with Gasteiger partial charge in [-0.25, -0.2) is 0 Å². The Morgan fingerprint density at radius 2 is 0.963 bits per heavy atom. The first-order chi connectivity index (χ1) is 13.2. The van der Waals surface area contributed by atoms with Crippen molar-refractivity contribution in [3.8, 4) is 0 Å². The Bertz CT molecular complexity index is 525. The molecule has 150 valence electrons. The first-order valence-electron chi connectivity index (χ1n) is 11.8. The normalized spacial score (nSPS) is 41.5. The molecular formula is C23H36N2O2. The van der Waals surface area contributed by atoms with Gasteiger partial charge in [-0.2, -0.15) is 0 Å². The van der Waals surface area contributed by atoms with Crippen LogP contribution in [-0.2, 0) is 9.59 Å². The van der Waals surface area contributed by atoms with Crippen LogP contribution in [0.4, 0.5) is 0 Å². The molecule has 1 saturated heterocycles. The third kappa shape index (κ3) is 3.42. The van der Waals surface area contributed by atoms with Crippen LogP contribution in [0, 0.1) is 35.5 Å². The van der Waals surface area contributed by atoms with Gasteiger partial charge in [0.15, 0.2) is 0 Å². The predicted molar refractivity (Wildman–Crippen MR) is 105 cm³/mol. The SMILES string of the molecule is O=C(C1CC2CCC1CC2)N1CCCN(C(=O)C2CC3CCC2CC3)CC1. The van der Waals surface area contributed by atoms with Crippen molar-refractivity contribution in [2.75, 3.05) is 26.2 Å². The molecule has 7 fully saturated rings. The monoisotopic (exact) mass is 372 g/mol. The van der Waals surface area contributed by atoms with Gasteiger partial charge in [0.2, 0.25) is 11.8 Å². The van der Waals surface area contributed by atoms with Gasteiger partial charge in [0.25, 0.3) is 0 Å². The van der Waals surface area contributed by atoms with Crippen molar-refractivity contribution in [3.63, 3.8) is 0 Å². The first-order valence-corrected chi connectivity index (χ1v) is 11.8. The topological polar surface area (TPSA) is 40.6 Å². The minimum absolute atomic E-state index is 0.286. The van der Waals surface area contributed by atoms with Gasteiger partial charge in [0.05, 0.1) is 0 Å². The van der Waals surface area contributed by atoms with Gasteiger partial charge in [-0.15, -0.1) is 0 Å². The Morgan fingerprint density at radius 1 is 0.556 bits per heavy atom. The van der Waals surface area contributed by atoms with Gasteiger partial charge in [-0.05, 0) is 68.6 Å². The molecule has 4 nitrogen and oxygen atoms in total. The molecule has 7 aliphatic rings. The highest BCUT2D eigenvalue weighted by atomic mass is 16.2. The molecule has 1 aliphatic heterocycles. The zero-order valence-electron chi connectivity index (χ0n) is 16.8. The molecule has 2 amide bonds. The van der Waals surface area contributed by atoms with Crippen molar-refractivity contribution >= 4 is 11.8 Å². The summed E-state index contributed by atoms with van der Waals surface area (Å²) < 4.78 is 0. The molecule has 4 bridgehead atoms. The lowest BCUT2D eigenvalue weighted by atomic mass is 9.64. The van der Waals surface area contributed by atoms with Crippen LogP contribution >= 0.6 is 0 Å². The van der Waals surface area contributed by atoms with Crippen molar-refractivity contribution in [2.45, 2.75) is 70.6 Å². The molecule has 2 atom stereocenters. The van der Waals surface area contributed by atoms with Crippen LogP contribution in [0.5, 0.6) is 0 Å². The summed E-state index contributed by atoms with van der Waals surface area (Å²) in [6.45, 7) is 3.24. The van der Waals surface area contributed by atoms with Crippen LogP contribution in [-0.4, -0.2) is 47.8 Å². The largest absolute Gasteiger partial charge is 0.341 e. The lowest BCUT2D eigenvalue weighted by Crippen LogP contribution is -2.47. The first kappa shape index (κ1) is 18.0. The van der Waals surface area contributed by atoms with Gasteiger partial charge in [-0.1, -0.05) is 25.7 Å². The fourth-order valence-electron chi connectivity index (χ4n) is 7.19. The molecular weight excluding hydrogens is 336 g/mol. The van der Waals surface area contributed by atoms with E-state index >= 15 is 0 Å². The van der Waals surface area contributed by atoms with Gasteiger partial charge in [0.1, 0.15) is 0 Å². The van der Waals surface area contributed by atoms with Crippen LogP contribution in [0.1, 0.15) is 70.6 Å². The minimum Gasteiger partial charge on any atom is -0.341 e. The van der Waals surface area contributed by atoms with Crippen molar-refractivity contribution in [2.24, 2.45) is 35.5 Å². The zero-order chi connectivity index (χ0) is 18.4. The Kier molecular flexibility index (Phi) is 4.94. The minimum atomic E-state index is 0.286. The zero-order valence-corrected chi connectivity index (χ0v) is 16.8. The highest BCUT2D eigenvalue weighted by molar-refractivity contribution is 5.81. The predicted octanol–water partition coefficient (Wildman–Crippen LogP) is 3.70. The summed E-state index contributed by atoms with van der Waals surface area (Å²) in [5, 5.41) is 0. The number of hydrogen-bond acceptors (Lipinski definition) is 2. The van der Waals surface area contributed by atoms with Crippen LogP contribution in [0.3, 0.4) is 0 Å². The summed E-state index contributed by atoms with van der Waals surface area (Å²) >= 11 is 0. The Hall–Kier alpha value is -1.06. The van der Waals surface area contributed by atoms with Crippen molar-refractivity contribution < 1.29 is 9.59 Å². The highest BCUT2D eigenvalue weighted by Gasteiger charge is 2.43. The molecule has 2 unspecified atom stereocenters. The standard InChI is InChI=1S/C23H36N2O2/c26-22(20-14-16-2-6-18(20)7-3-16)24-10-1-11-25(13-12-24)23(27)21-15-17-4-8-19(21)9-5-17/h16-21H,1-15H2. The van der Waals surface area contributed by atoms with Crippen LogP contribution in [0.25, 0.3) is 0 Å². The van der Waals surface area contributed by atoms with Gasteiger partial charge >= 0.3 is 0 Å². The molecule has 0 aromatic carbocycles. The fourth-order valence-corrected chi connectivity index (χ4v) is 7.19. The van der Waals surface area contributed by atoms with Gasteiger partial charge in [0, 0.05) is 38.0 Å².